The van der Waals surface area contributed by atoms with Crippen LogP contribution in [-0.4, -0.2) is 27.3 Å². The summed E-state index contributed by atoms with van der Waals surface area (Å²) >= 11 is 1.59. The van der Waals surface area contributed by atoms with Gasteiger partial charge in [-0.2, -0.15) is 0 Å². The van der Waals surface area contributed by atoms with Crippen molar-refractivity contribution in [2.45, 2.75) is 57.8 Å². The van der Waals surface area contributed by atoms with Crippen molar-refractivity contribution < 1.29 is 4.79 Å². The van der Waals surface area contributed by atoms with E-state index in [0.29, 0.717) is 18.4 Å². The molecule has 0 aliphatic rings. The third kappa shape index (κ3) is 4.84. The number of aromatic nitrogens is 2. The molecular weight excluding hydrogens is 322 g/mol. The number of benzene rings is 1. The normalized spacial score (nSPS) is 11.2. The number of thioether (sulfide) groups is 1. The summed E-state index contributed by atoms with van der Waals surface area (Å²) in [6.45, 7) is 6.49. The van der Waals surface area contributed by atoms with Crippen LogP contribution in [0.1, 0.15) is 40.0 Å². The summed E-state index contributed by atoms with van der Waals surface area (Å²) in [4.78, 5) is 28.7. The Kier molecular flexibility index (Phi) is 6.85. The molecule has 0 bridgehead atoms. The first-order chi connectivity index (χ1) is 11.5. The van der Waals surface area contributed by atoms with Gasteiger partial charge < -0.3 is 5.32 Å². The van der Waals surface area contributed by atoms with E-state index in [2.05, 4.69) is 10.3 Å². The standard InChI is InChI=1S/C18H25N3O2S/c1-4-21-17(23)14-9-5-6-10-15(14)20-18(21)24-12-8-7-11-16(22)19-13(2)3/h5-6,9-10,13H,4,7-8,11-12H2,1-3H3,(H,19,22). The Morgan fingerprint density at radius 1 is 1.29 bits per heavy atom. The van der Waals surface area contributed by atoms with Crippen LogP contribution in [0.3, 0.4) is 0 Å². The molecule has 1 aromatic carbocycles. The second-order valence-electron chi connectivity index (χ2n) is 5.99. The van der Waals surface area contributed by atoms with E-state index in [4.69, 9.17) is 0 Å². The van der Waals surface area contributed by atoms with Crippen molar-refractivity contribution in [2.75, 3.05) is 5.75 Å². The van der Waals surface area contributed by atoms with Gasteiger partial charge in [-0.1, -0.05) is 23.9 Å². The Morgan fingerprint density at radius 3 is 2.75 bits per heavy atom. The summed E-state index contributed by atoms with van der Waals surface area (Å²) in [6.07, 6.45) is 2.31. The van der Waals surface area contributed by atoms with Gasteiger partial charge in [0.2, 0.25) is 5.91 Å². The topological polar surface area (TPSA) is 64.0 Å². The lowest BCUT2D eigenvalue weighted by molar-refractivity contribution is -0.121. The molecule has 1 N–H and O–H groups in total. The molecule has 0 saturated heterocycles. The van der Waals surface area contributed by atoms with Crippen molar-refractivity contribution in [2.24, 2.45) is 0 Å². The molecule has 0 unspecified atom stereocenters. The number of amides is 1. The van der Waals surface area contributed by atoms with Crippen LogP contribution in [0.2, 0.25) is 0 Å². The molecule has 0 atom stereocenters. The number of hydrogen-bond acceptors (Lipinski definition) is 4. The molecule has 1 amide bonds. The molecule has 1 aromatic heterocycles. The van der Waals surface area contributed by atoms with Gasteiger partial charge in [0.05, 0.1) is 10.9 Å². The van der Waals surface area contributed by atoms with Crippen LogP contribution in [0, 0.1) is 0 Å². The molecule has 2 rings (SSSR count). The lowest BCUT2D eigenvalue weighted by Crippen LogP contribution is -2.29. The molecule has 0 aliphatic carbocycles. The highest BCUT2D eigenvalue weighted by molar-refractivity contribution is 7.99. The number of para-hydroxylation sites is 1. The number of hydrogen-bond donors (Lipinski definition) is 1. The average Bonchev–Trinajstić information content (AvgIpc) is 2.54. The van der Waals surface area contributed by atoms with Crippen molar-refractivity contribution in [3.63, 3.8) is 0 Å². The number of fused-ring (bicyclic) bond motifs is 1. The molecule has 0 radical (unpaired) electrons. The predicted octanol–water partition coefficient (Wildman–Crippen LogP) is 3.20. The molecule has 2 aromatic rings. The first-order valence-corrected chi connectivity index (χ1v) is 9.43. The van der Waals surface area contributed by atoms with Crippen LogP contribution in [0.25, 0.3) is 10.9 Å². The Labute approximate surface area is 146 Å². The molecule has 24 heavy (non-hydrogen) atoms. The van der Waals surface area contributed by atoms with Crippen LogP contribution < -0.4 is 10.9 Å². The molecule has 130 valence electrons. The minimum Gasteiger partial charge on any atom is -0.354 e. The van der Waals surface area contributed by atoms with Gasteiger partial charge in [0.25, 0.3) is 5.56 Å². The van der Waals surface area contributed by atoms with Crippen LogP contribution in [0.15, 0.2) is 34.2 Å². The summed E-state index contributed by atoms with van der Waals surface area (Å²) in [6, 6.07) is 7.64. The first-order valence-electron chi connectivity index (χ1n) is 8.44. The van der Waals surface area contributed by atoms with Crippen molar-refractivity contribution >= 4 is 28.6 Å². The largest absolute Gasteiger partial charge is 0.354 e. The number of carbonyl (C=O) groups is 1. The fourth-order valence-electron chi connectivity index (χ4n) is 2.48. The Hall–Kier alpha value is -1.82. The van der Waals surface area contributed by atoms with E-state index in [1.54, 1.807) is 16.3 Å². The number of rotatable bonds is 8. The molecule has 5 nitrogen and oxygen atoms in total. The smallest absolute Gasteiger partial charge is 0.262 e. The zero-order valence-corrected chi connectivity index (χ0v) is 15.4. The summed E-state index contributed by atoms with van der Waals surface area (Å²) in [5.74, 6) is 0.948. The summed E-state index contributed by atoms with van der Waals surface area (Å²) in [5, 5.41) is 4.31. The lowest BCUT2D eigenvalue weighted by atomic mass is 10.2. The van der Waals surface area contributed by atoms with Gasteiger partial charge in [-0.05, 0) is 45.7 Å². The Morgan fingerprint density at radius 2 is 2.04 bits per heavy atom. The van der Waals surface area contributed by atoms with Gasteiger partial charge in [-0.25, -0.2) is 4.98 Å². The first kappa shape index (κ1) is 18.5. The van der Waals surface area contributed by atoms with Gasteiger partial charge in [-0.15, -0.1) is 0 Å². The van der Waals surface area contributed by atoms with Crippen LogP contribution in [-0.2, 0) is 11.3 Å². The molecule has 0 aliphatic heterocycles. The minimum absolute atomic E-state index is 0.0157. The van der Waals surface area contributed by atoms with Crippen molar-refractivity contribution in [3.05, 3.63) is 34.6 Å². The van der Waals surface area contributed by atoms with E-state index in [-0.39, 0.29) is 17.5 Å². The highest BCUT2D eigenvalue weighted by Gasteiger charge is 2.10. The maximum Gasteiger partial charge on any atom is 0.262 e. The van der Waals surface area contributed by atoms with Crippen LogP contribution in [0.5, 0.6) is 0 Å². The number of unbranched alkanes of at least 4 members (excludes halogenated alkanes) is 1. The highest BCUT2D eigenvalue weighted by Crippen LogP contribution is 2.19. The SMILES string of the molecule is CCn1c(SCCCCC(=O)NC(C)C)nc2ccccc2c1=O. The number of nitrogens with one attached hydrogen (secondary N) is 1. The third-order valence-corrected chi connectivity index (χ3v) is 4.68. The maximum absolute atomic E-state index is 12.5. The van der Waals surface area contributed by atoms with Gasteiger partial charge >= 0.3 is 0 Å². The lowest BCUT2D eigenvalue weighted by Gasteiger charge is -2.11. The Balaban J connectivity index is 1.95. The summed E-state index contributed by atoms with van der Waals surface area (Å²) in [5.41, 5.74) is 0.757. The molecular formula is C18H25N3O2S. The minimum atomic E-state index is 0.0157. The van der Waals surface area contributed by atoms with E-state index in [1.807, 2.05) is 45.0 Å². The van der Waals surface area contributed by atoms with Crippen molar-refractivity contribution in [3.8, 4) is 0 Å². The van der Waals surface area contributed by atoms with E-state index in [1.165, 1.54) is 0 Å². The molecule has 0 spiro atoms. The van der Waals surface area contributed by atoms with Crippen LogP contribution in [0.4, 0.5) is 0 Å². The van der Waals surface area contributed by atoms with E-state index >= 15 is 0 Å². The van der Waals surface area contributed by atoms with Gasteiger partial charge in [-0.3, -0.25) is 14.2 Å². The molecule has 6 heteroatoms. The fourth-order valence-corrected chi connectivity index (χ4v) is 3.54. The highest BCUT2D eigenvalue weighted by atomic mass is 32.2. The Bertz CT molecular complexity index is 756. The van der Waals surface area contributed by atoms with Crippen LogP contribution >= 0.6 is 11.8 Å². The summed E-state index contributed by atoms with van der Waals surface area (Å²) in [7, 11) is 0. The maximum atomic E-state index is 12.5. The average molecular weight is 347 g/mol. The van der Waals surface area contributed by atoms with Crippen molar-refractivity contribution in [1.82, 2.24) is 14.9 Å². The summed E-state index contributed by atoms with van der Waals surface area (Å²) < 4.78 is 1.72. The molecule has 0 saturated carbocycles. The van der Waals surface area contributed by atoms with E-state index in [9.17, 15) is 9.59 Å². The zero-order chi connectivity index (χ0) is 17.5. The second-order valence-corrected chi connectivity index (χ2v) is 7.05. The van der Waals surface area contributed by atoms with E-state index < -0.39 is 0 Å². The number of nitrogens with zero attached hydrogens (tertiary/aromatic N) is 2. The monoisotopic (exact) mass is 347 g/mol. The third-order valence-electron chi connectivity index (χ3n) is 3.62. The van der Waals surface area contributed by atoms with E-state index in [0.717, 1.165) is 29.3 Å². The van der Waals surface area contributed by atoms with Gasteiger partial charge in [0.1, 0.15) is 0 Å². The van der Waals surface area contributed by atoms with Crippen molar-refractivity contribution in [1.29, 1.82) is 0 Å². The second kappa shape index (κ2) is 8.87. The zero-order valence-electron chi connectivity index (χ0n) is 14.5. The molecule has 0 fully saturated rings. The van der Waals surface area contributed by atoms with Gasteiger partial charge in [0, 0.05) is 24.8 Å². The molecule has 1 heterocycles. The predicted molar refractivity (Wildman–Crippen MR) is 99.5 cm³/mol. The fraction of sp³-hybridized carbons (Fsp3) is 0.500. The van der Waals surface area contributed by atoms with Gasteiger partial charge in [0.15, 0.2) is 5.16 Å². The quantitative estimate of drug-likeness (QED) is 0.452. The number of carbonyl (C=O) groups excluding carboxylic acids is 1.